The van der Waals surface area contributed by atoms with E-state index in [1.807, 2.05) is 0 Å². The Morgan fingerprint density at radius 2 is 2.54 bits per heavy atom. The maximum atomic E-state index is 5.71. The van der Waals surface area contributed by atoms with Crippen molar-refractivity contribution < 1.29 is 4.74 Å². The lowest BCUT2D eigenvalue weighted by atomic mass is 9.90. The van der Waals surface area contributed by atoms with Crippen LogP contribution in [0.3, 0.4) is 0 Å². The van der Waals surface area contributed by atoms with Crippen molar-refractivity contribution in [1.29, 1.82) is 0 Å². The number of nitrogens with two attached hydrogens (primary N) is 1. The molecule has 1 heterocycles. The van der Waals surface area contributed by atoms with E-state index in [1.54, 1.807) is 0 Å². The summed E-state index contributed by atoms with van der Waals surface area (Å²) in [5, 5.41) is 3.27. The van der Waals surface area contributed by atoms with E-state index in [1.165, 1.54) is 0 Å². The maximum Gasteiger partial charge on any atom is 0.0664 e. The topological polar surface area (TPSA) is 47.3 Å². The normalized spacial score (nSPS) is 34.1. The van der Waals surface area contributed by atoms with Gasteiger partial charge < -0.3 is 10.5 Å². The van der Waals surface area contributed by atoms with E-state index >= 15 is 0 Å². The standard InChI is InChI=1S/C10H18N2O/c1-3-6-12-10(7-11)5-4-9(2)13-8-10/h1,9,12H,4-8,11H2,2H3. The second kappa shape index (κ2) is 4.61. The Morgan fingerprint density at radius 1 is 1.77 bits per heavy atom. The van der Waals surface area contributed by atoms with Crippen molar-refractivity contribution in [2.45, 2.75) is 31.4 Å². The predicted molar refractivity (Wildman–Crippen MR) is 53.3 cm³/mol. The zero-order valence-electron chi connectivity index (χ0n) is 8.18. The first-order valence-corrected chi connectivity index (χ1v) is 4.72. The van der Waals surface area contributed by atoms with Crippen LogP contribution in [-0.4, -0.2) is 31.3 Å². The fourth-order valence-electron chi connectivity index (χ4n) is 1.55. The molecule has 1 rings (SSSR count). The summed E-state index contributed by atoms with van der Waals surface area (Å²) in [5.41, 5.74) is 5.63. The Morgan fingerprint density at radius 3 is 3.00 bits per heavy atom. The monoisotopic (exact) mass is 182 g/mol. The van der Waals surface area contributed by atoms with Gasteiger partial charge in [0.25, 0.3) is 0 Å². The second-order valence-corrected chi connectivity index (χ2v) is 3.70. The van der Waals surface area contributed by atoms with Crippen LogP contribution in [-0.2, 0) is 4.74 Å². The number of ether oxygens (including phenoxy) is 1. The number of rotatable bonds is 3. The molecule has 0 saturated carbocycles. The highest BCUT2D eigenvalue weighted by Gasteiger charge is 2.32. The first-order valence-electron chi connectivity index (χ1n) is 4.72. The van der Waals surface area contributed by atoms with E-state index in [-0.39, 0.29) is 5.54 Å². The van der Waals surface area contributed by atoms with Gasteiger partial charge in [0.15, 0.2) is 0 Å². The van der Waals surface area contributed by atoms with E-state index in [4.69, 9.17) is 16.9 Å². The molecule has 2 atom stereocenters. The summed E-state index contributed by atoms with van der Waals surface area (Å²) in [5.74, 6) is 2.56. The van der Waals surface area contributed by atoms with Crippen LogP contribution < -0.4 is 11.1 Å². The summed E-state index contributed by atoms with van der Waals surface area (Å²) in [6.45, 7) is 3.91. The Balaban J connectivity index is 2.46. The molecule has 0 amide bonds. The van der Waals surface area contributed by atoms with Crippen molar-refractivity contribution >= 4 is 0 Å². The molecule has 1 fully saturated rings. The second-order valence-electron chi connectivity index (χ2n) is 3.70. The highest BCUT2D eigenvalue weighted by Crippen LogP contribution is 2.21. The largest absolute Gasteiger partial charge is 0.377 e. The van der Waals surface area contributed by atoms with Gasteiger partial charge in [-0.1, -0.05) is 5.92 Å². The van der Waals surface area contributed by atoms with Gasteiger partial charge >= 0.3 is 0 Å². The number of hydrogen-bond donors (Lipinski definition) is 2. The number of terminal acetylenes is 1. The van der Waals surface area contributed by atoms with Crippen LogP contribution in [0.5, 0.6) is 0 Å². The van der Waals surface area contributed by atoms with Crippen LogP contribution in [0.1, 0.15) is 19.8 Å². The minimum Gasteiger partial charge on any atom is -0.377 e. The van der Waals surface area contributed by atoms with E-state index in [0.29, 0.717) is 25.8 Å². The van der Waals surface area contributed by atoms with Gasteiger partial charge in [0.05, 0.1) is 24.8 Å². The summed E-state index contributed by atoms with van der Waals surface area (Å²) in [7, 11) is 0. The van der Waals surface area contributed by atoms with Crippen LogP contribution in [0.2, 0.25) is 0 Å². The van der Waals surface area contributed by atoms with Gasteiger partial charge in [-0.25, -0.2) is 0 Å². The Kier molecular flexibility index (Phi) is 3.73. The zero-order valence-corrected chi connectivity index (χ0v) is 8.18. The molecule has 0 aromatic heterocycles. The molecular weight excluding hydrogens is 164 g/mol. The third-order valence-corrected chi connectivity index (χ3v) is 2.63. The van der Waals surface area contributed by atoms with Gasteiger partial charge in [0, 0.05) is 6.54 Å². The van der Waals surface area contributed by atoms with Crippen LogP contribution >= 0.6 is 0 Å². The fourth-order valence-corrected chi connectivity index (χ4v) is 1.55. The molecular formula is C10H18N2O. The molecule has 74 valence electrons. The van der Waals surface area contributed by atoms with E-state index in [9.17, 15) is 0 Å². The minimum absolute atomic E-state index is 0.0844. The molecule has 3 N–H and O–H groups in total. The molecule has 2 unspecified atom stereocenters. The van der Waals surface area contributed by atoms with Crippen molar-refractivity contribution in [1.82, 2.24) is 5.32 Å². The first kappa shape index (κ1) is 10.5. The summed E-state index contributed by atoms with van der Waals surface area (Å²) in [6, 6.07) is 0. The summed E-state index contributed by atoms with van der Waals surface area (Å²) < 4.78 is 5.57. The van der Waals surface area contributed by atoms with Crippen molar-refractivity contribution in [2.24, 2.45) is 5.73 Å². The van der Waals surface area contributed by atoms with Crippen molar-refractivity contribution in [2.75, 3.05) is 19.7 Å². The SMILES string of the molecule is C#CCNC1(CN)CCC(C)OC1. The average molecular weight is 182 g/mol. The lowest BCUT2D eigenvalue weighted by molar-refractivity contribution is -0.0262. The molecule has 1 aliphatic rings. The van der Waals surface area contributed by atoms with Gasteiger partial charge in [-0.15, -0.1) is 6.42 Å². The van der Waals surface area contributed by atoms with E-state index in [2.05, 4.69) is 18.2 Å². The van der Waals surface area contributed by atoms with Gasteiger partial charge in [-0.2, -0.15) is 0 Å². The predicted octanol–water partition coefficient (Wildman–Crippen LogP) is 0.106. The van der Waals surface area contributed by atoms with Gasteiger partial charge in [0.1, 0.15) is 0 Å². The highest BCUT2D eigenvalue weighted by atomic mass is 16.5. The molecule has 0 radical (unpaired) electrons. The third-order valence-electron chi connectivity index (χ3n) is 2.63. The van der Waals surface area contributed by atoms with Crippen LogP contribution in [0.25, 0.3) is 0 Å². The molecule has 13 heavy (non-hydrogen) atoms. The van der Waals surface area contributed by atoms with Crippen molar-refractivity contribution in [3.63, 3.8) is 0 Å². The molecule has 0 spiro atoms. The highest BCUT2D eigenvalue weighted by molar-refractivity contribution is 4.97. The smallest absolute Gasteiger partial charge is 0.0664 e. The van der Waals surface area contributed by atoms with Gasteiger partial charge in [-0.3, -0.25) is 5.32 Å². The number of hydrogen-bond acceptors (Lipinski definition) is 3. The van der Waals surface area contributed by atoms with Crippen molar-refractivity contribution in [3.8, 4) is 12.3 Å². The summed E-state index contributed by atoms with van der Waals surface area (Å²) >= 11 is 0. The minimum atomic E-state index is -0.0844. The first-order chi connectivity index (χ1) is 6.22. The van der Waals surface area contributed by atoms with E-state index < -0.39 is 0 Å². The van der Waals surface area contributed by atoms with Crippen LogP contribution in [0, 0.1) is 12.3 Å². The Hall–Kier alpha value is -0.560. The molecule has 1 saturated heterocycles. The van der Waals surface area contributed by atoms with Crippen LogP contribution in [0.15, 0.2) is 0 Å². The Bertz CT molecular complexity index is 190. The molecule has 0 aromatic carbocycles. The average Bonchev–Trinajstić information content (AvgIpc) is 2.18. The summed E-state index contributed by atoms with van der Waals surface area (Å²) in [6.07, 6.45) is 7.64. The van der Waals surface area contributed by atoms with Crippen molar-refractivity contribution in [3.05, 3.63) is 0 Å². The molecule has 3 nitrogen and oxygen atoms in total. The lowest BCUT2D eigenvalue weighted by Gasteiger charge is -2.38. The molecule has 0 aromatic rings. The molecule has 3 heteroatoms. The number of nitrogens with one attached hydrogen (secondary N) is 1. The Labute approximate surface area is 80.0 Å². The zero-order chi connectivity index (χ0) is 9.73. The molecule has 0 aliphatic carbocycles. The van der Waals surface area contributed by atoms with Gasteiger partial charge in [-0.05, 0) is 19.8 Å². The lowest BCUT2D eigenvalue weighted by Crippen LogP contribution is -2.57. The molecule has 0 bridgehead atoms. The van der Waals surface area contributed by atoms with E-state index in [0.717, 1.165) is 12.8 Å². The maximum absolute atomic E-state index is 5.71. The van der Waals surface area contributed by atoms with Gasteiger partial charge in [0.2, 0.25) is 0 Å². The third kappa shape index (κ3) is 2.70. The van der Waals surface area contributed by atoms with Crippen LogP contribution in [0.4, 0.5) is 0 Å². The quantitative estimate of drug-likeness (QED) is 0.609. The molecule has 1 aliphatic heterocycles. The fraction of sp³-hybridized carbons (Fsp3) is 0.800. The summed E-state index contributed by atoms with van der Waals surface area (Å²) in [4.78, 5) is 0.